The first-order valence-corrected chi connectivity index (χ1v) is 4.57. The van der Waals surface area contributed by atoms with Gasteiger partial charge in [0, 0.05) is 5.57 Å². The van der Waals surface area contributed by atoms with Crippen molar-refractivity contribution in [2.45, 2.75) is 13.1 Å². The Hall–Kier alpha value is -1.78. The summed E-state index contributed by atoms with van der Waals surface area (Å²) in [6.07, 6.45) is 2.90. The molecule has 0 unspecified atom stereocenters. The van der Waals surface area contributed by atoms with E-state index >= 15 is 0 Å². The predicted molar refractivity (Wildman–Crippen MR) is 56.6 cm³/mol. The fourth-order valence-electron chi connectivity index (χ4n) is 1.06. The molecule has 0 radical (unpaired) electrons. The molecule has 0 aliphatic carbocycles. The molecule has 86 valence electrons. The number of aromatic nitrogens is 2. The maximum Gasteiger partial charge on any atom is 0.432 e. The number of H-pyrrole nitrogens is 1. The van der Waals surface area contributed by atoms with Crippen LogP contribution in [0.15, 0.2) is 37.1 Å². The van der Waals surface area contributed by atoms with E-state index in [1.807, 2.05) is 0 Å². The van der Waals surface area contributed by atoms with Gasteiger partial charge in [0.15, 0.2) is 0 Å². The maximum atomic E-state index is 12.3. The number of nitrogens with one attached hydrogen (secondary N) is 1. The standard InChI is InChI=1S/C11H11F3N2/c1-3-5-6-8(4-2)10-15-7-9(16-10)11(12,13)14/h3-7H,2H2,1H3,(H,15,16)/b5-3-,8-6+. The van der Waals surface area contributed by atoms with Crippen molar-refractivity contribution < 1.29 is 13.2 Å². The summed E-state index contributed by atoms with van der Waals surface area (Å²) in [5.74, 6) is 0.153. The summed E-state index contributed by atoms with van der Waals surface area (Å²) in [6, 6.07) is 0. The number of halogens is 3. The highest BCUT2D eigenvalue weighted by atomic mass is 19.4. The third-order valence-electron chi connectivity index (χ3n) is 1.84. The molecule has 0 saturated carbocycles. The molecule has 1 N–H and O–H groups in total. The van der Waals surface area contributed by atoms with E-state index in [0.717, 1.165) is 6.20 Å². The lowest BCUT2D eigenvalue weighted by atomic mass is 10.2. The molecule has 1 aromatic rings. The summed E-state index contributed by atoms with van der Waals surface area (Å²) in [5.41, 5.74) is -0.357. The molecule has 0 aliphatic rings. The number of hydrogen-bond acceptors (Lipinski definition) is 1. The number of aromatic amines is 1. The second-order valence-corrected chi connectivity index (χ2v) is 3.00. The lowest BCUT2D eigenvalue weighted by Gasteiger charge is -2.01. The molecule has 5 heteroatoms. The molecular weight excluding hydrogens is 217 g/mol. The monoisotopic (exact) mass is 228 g/mol. The van der Waals surface area contributed by atoms with Crippen molar-refractivity contribution in [1.82, 2.24) is 9.97 Å². The van der Waals surface area contributed by atoms with E-state index in [1.54, 1.807) is 25.2 Å². The van der Waals surface area contributed by atoms with Crippen LogP contribution in [-0.4, -0.2) is 9.97 Å². The molecule has 16 heavy (non-hydrogen) atoms. The van der Waals surface area contributed by atoms with Crippen molar-refractivity contribution in [3.05, 3.63) is 48.6 Å². The summed E-state index contributed by atoms with van der Waals surface area (Å²) >= 11 is 0. The second-order valence-electron chi connectivity index (χ2n) is 3.00. The van der Waals surface area contributed by atoms with Gasteiger partial charge >= 0.3 is 6.18 Å². The number of hydrogen-bond donors (Lipinski definition) is 1. The Kier molecular flexibility index (Phi) is 3.71. The van der Waals surface area contributed by atoms with Crippen molar-refractivity contribution in [3.63, 3.8) is 0 Å². The van der Waals surface area contributed by atoms with E-state index in [-0.39, 0.29) is 5.82 Å². The molecule has 1 aromatic heterocycles. The highest BCUT2D eigenvalue weighted by Crippen LogP contribution is 2.28. The molecular formula is C11H11F3N2. The summed E-state index contributed by atoms with van der Waals surface area (Å²) in [5, 5.41) is 0. The molecule has 0 aliphatic heterocycles. The molecule has 0 fully saturated rings. The summed E-state index contributed by atoms with van der Waals surface area (Å²) in [6.45, 7) is 5.32. The molecule has 1 heterocycles. The van der Waals surface area contributed by atoms with Gasteiger partial charge in [0.25, 0.3) is 0 Å². The van der Waals surface area contributed by atoms with Crippen molar-refractivity contribution in [1.29, 1.82) is 0 Å². The Morgan fingerprint density at radius 2 is 2.19 bits per heavy atom. The lowest BCUT2D eigenvalue weighted by Crippen LogP contribution is -2.05. The van der Waals surface area contributed by atoms with Crippen molar-refractivity contribution in [3.8, 4) is 0 Å². The van der Waals surface area contributed by atoms with Gasteiger partial charge in [-0.15, -0.1) is 0 Å². The van der Waals surface area contributed by atoms with E-state index in [0.29, 0.717) is 5.57 Å². The van der Waals surface area contributed by atoms with Crippen molar-refractivity contribution >= 4 is 5.57 Å². The summed E-state index contributed by atoms with van der Waals surface area (Å²) < 4.78 is 36.9. The number of alkyl halides is 3. The fraction of sp³-hybridized carbons (Fsp3) is 0.182. The zero-order valence-corrected chi connectivity index (χ0v) is 8.67. The molecule has 0 spiro atoms. The number of imidazole rings is 1. The van der Waals surface area contributed by atoms with Crippen LogP contribution in [0.1, 0.15) is 18.4 Å². The Morgan fingerprint density at radius 1 is 1.50 bits per heavy atom. The van der Waals surface area contributed by atoms with E-state index < -0.39 is 11.9 Å². The minimum Gasteiger partial charge on any atom is -0.334 e. The van der Waals surface area contributed by atoms with Gasteiger partial charge < -0.3 is 4.98 Å². The Morgan fingerprint density at radius 3 is 2.62 bits per heavy atom. The SMILES string of the molecule is C=C/C(=C\C=C/C)c1ncc(C(F)(F)F)[nH]1. The Bertz CT molecular complexity index is 425. The van der Waals surface area contributed by atoms with E-state index in [1.165, 1.54) is 6.08 Å². The zero-order chi connectivity index (χ0) is 12.2. The Labute approximate surface area is 91.2 Å². The average molecular weight is 228 g/mol. The van der Waals surface area contributed by atoms with Gasteiger partial charge in [0.2, 0.25) is 0 Å². The fourth-order valence-corrected chi connectivity index (χ4v) is 1.06. The van der Waals surface area contributed by atoms with Gasteiger partial charge in [-0.1, -0.05) is 30.9 Å². The van der Waals surface area contributed by atoms with E-state index in [9.17, 15) is 13.2 Å². The number of rotatable bonds is 3. The second kappa shape index (κ2) is 4.83. The van der Waals surface area contributed by atoms with Crippen LogP contribution in [0.2, 0.25) is 0 Å². The molecule has 0 saturated heterocycles. The first kappa shape index (κ1) is 12.3. The van der Waals surface area contributed by atoms with Crippen molar-refractivity contribution in [2.24, 2.45) is 0 Å². The van der Waals surface area contributed by atoms with Crippen LogP contribution in [0.5, 0.6) is 0 Å². The molecule has 1 rings (SSSR count). The summed E-state index contributed by atoms with van der Waals surface area (Å²) in [4.78, 5) is 5.86. The smallest absolute Gasteiger partial charge is 0.334 e. The largest absolute Gasteiger partial charge is 0.432 e. The van der Waals surface area contributed by atoms with Gasteiger partial charge in [-0.3, -0.25) is 0 Å². The van der Waals surface area contributed by atoms with Crippen LogP contribution in [0, 0.1) is 0 Å². The Balaban J connectivity index is 3.05. The first-order chi connectivity index (χ1) is 7.49. The zero-order valence-electron chi connectivity index (χ0n) is 8.67. The number of nitrogens with zero attached hydrogens (tertiary/aromatic N) is 1. The lowest BCUT2D eigenvalue weighted by molar-refractivity contribution is -0.140. The van der Waals surface area contributed by atoms with Crippen LogP contribution >= 0.6 is 0 Å². The highest BCUT2D eigenvalue weighted by Gasteiger charge is 2.33. The molecule has 0 bridgehead atoms. The summed E-state index contributed by atoms with van der Waals surface area (Å²) in [7, 11) is 0. The van der Waals surface area contributed by atoms with Crippen LogP contribution in [0.3, 0.4) is 0 Å². The van der Waals surface area contributed by atoms with E-state index in [4.69, 9.17) is 0 Å². The minimum atomic E-state index is -4.40. The molecule has 0 aromatic carbocycles. The van der Waals surface area contributed by atoms with E-state index in [2.05, 4.69) is 16.5 Å². The van der Waals surface area contributed by atoms with Gasteiger partial charge in [-0.25, -0.2) is 4.98 Å². The van der Waals surface area contributed by atoms with Gasteiger partial charge in [0.1, 0.15) is 11.5 Å². The van der Waals surface area contributed by atoms with Crippen LogP contribution in [0.25, 0.3) is 5.57 Å². The molecule has 0 amide bonds. The third-order valence-corrected chi connectivity index (χ3v) is 1.84. The maximum absolute atomic E-state index is 12.3. The van der Waals surface area contributed by atoms with Gasteiger partial charge in [-0.2, -0.15) is 13.2 Å². The van der Waals surface area contributed by atoms with Crippen molar-refractivity contribution in [2.75, 3.05) is 0 Å². The molecule has 0 atom stereocenters. The first-order valence-electron chi connectivity index (χ1n) is 4.57. The van der Waals surface area contributed by atoms with Crippen LogP contribution < -0.4 is 0 Å². The normalized spacial score (nSPS) is 13.4. The van der Waals surface area contributed by atoms with Gasteiger partial charge in [0.05, 0.1) is 6.20 Å². The predicted octanol–water partition coefficient (Wildman–Crippen LogP) is 3.57. The number of allylic oxidation sites excluding steroid dienone is 5. The highest BCUT2D eigenvalue weighted by molar-refractivity contribution is 5.70. The topological polar surface area (TPSA) is 28.7 Å². The van der Waals surface area contributed by atoms with Gasteiger partial charge in [-0.05, 0) is 6.92 Å². The van der Waals surface area contributed by atoms with Crippen LogP contribution in [0.4, 0.5) is 13.2 Å². The van der Waals surface area contributed by atoms with Crippen LogP contribution in [-0.2, 0) is 6.18 Å². The molecule has 2 nitrogen and oxygen atoms in total. The average Bonchev–Trinajstić information content (AvgIpc) is 2.68. The minimum absolute atomic E-state index is 0.153. The third kappa shape index (κ3) is 2.85. The quantitative estimate of drug-likeness (QED) is 0.787.